The van der Waals surface area contributed by atoms with Crippen molar-refractivity contribution in [3.05, 3.63) is 12.2 Å². The van der Waals surface area contributed by atoms with Crippen LogP contribution in [0.2, 0.25) is 0 Å². The predicted molar refractivity (Wildman–Crippen MR) is 57.9 cm³/mol. The van der Waals surface area contributed by atoms with Gasteiger partial charge in [-0.1, -0.05) is 6.92 Å². The number of nitrogens with zero attached hydrogens (tertiary/aromatic N) is 3. The van der Waals surface area contributed by atoms with Crippen LogP contribution in [-0.2, 0) is 17.8 Å². The predicted octanol–water partition coefficient (Wildman–Crippen LogP) is 1.34. The second-order valence-electron chi connectivity index (χ2n) is 4.39. The van der Waals surface area contributed by atoms with E-state index in [0.717, 1.165) is 38.1 Å². The fourth-order valence-electron chi connectivity index (χ4n) is 2.22. The molecule has 1 aromatic rings. The van der Waals surface area contributed by atoms with Crippen LogP contribution in [0.25, 0.3) is 0 Å². The molecule has 0 aliphatic heterocycles. The number of rotatable bonds is 5. The van der Waals surface area contributed by atoms with E-state index in [4.69, 9.17) is 5.11 Å². The molecule has 0 bridgehead atoms. The standard InChI is InChI=1S/C11H17N3O2/c1-2-5-14-10(12-7-13-14)6-8-3-4-9(8)11(15)16/h7-9H,2-6H2,1H3,(H,15,16). The van der Waals surface area contributed by atoms with Gasteiger partial charge in [0, 0.05) is 13.0 Å². The van der Waals surface area contributed by atoms with E-state index in [0.29, 0.717) is 0 Å². The van der Waals surface area contributed by atoms with Gasteiger partial charge in [-0.15, -0.1) is 0 Å². The highest BCUT2D eigenvalue weighted by Crippen LogP contribution is 2.36. The summed E-state index contributed by atoms with van der Waals surface area (Å²) in [5.74, 6) is 0.333. The molecule has 1 fully saturated rings. The molecule has 5 heteroatoms. The highest BCUT2D eigenvalue weighted by atomic mass is 16.4. The average molecular weight is 223 g/mol. The van der Waals surface area contributed by atoms with Gasteiger partial charge >= 0.3 is 5.97 Å². The maximum Gasteiger partial charge on any atom is 0.306 e. The van der Waals surface area contributed by atoms with Crippen molar-refractivity contribution in [3.8, 4) is 0 Å². The third kappa shape index (κ3) is 2.08. The van der Waals surface area contributed by atoms with Gasteiger partial charge in [-0.2, -0.15) is 5.10 Å². The molecule has 0 spiro atoms. The molecule has 0 amide bonds. The number of hydrogen-bond donors (Lipinski definition) is 1. The van der Waals surface area contributed by atoms with Crippen LogP contribution in [0.4, 0.5) is 0 Å². The Morgan fingerprint density at radius 3 is 3.00 bits per heavy atom. The number of aliphatic carboxylic acids is 1. The summed E-state index contributed by atoms with van der Waals surface area (Å²) in [5, 5.41) is 13.1. The molecule has 1 aromatic heterocycles. The van der Waals surface area contributed by atoms with E-state index in [9.17, 15) is 4.79 Å². The quantitative estimate of drug-likeness (QED) is 0.818. The van der Waals surface area contributed by atoms with Crippen molar-refractivity contribution < 1.29 is 9.90 Å². The molecule has 1 saturated carbocycles. The van der Waals surface area contributed by atoms with Crippen LogP contribution in [0.3, 0.4) is 0 Å². The molecule has 0 radical (unpaired) electrons. The molecular formula is C11H17N3O2. The van der Waals surface area contributed by atoms with Gasteiger partial charge in [0.2, 0.25) is 0 Å². The molecule has 0 saturated heterocycles. The van der Waals surface area contributed by atoms with Crippen LogP contribution in [0.15, 0.2) is 6.33 Å². The topological polar surface area (TPSA) is 68.0 Å². The van der Waals surface area contributed by atoms with E-state index in [1.54, 1.807) is 6.33 Å². The molecule has 1 aliphatic rings. The zero-order valence-electron chi connectivity index (χ0n) is 9.46. The normalized spacial score (nSPS) is 24.1. The third-order valence-electron chi connectivity index (χ3n) is 3.31. The second kappa shape index (κ2) is 4.63. The summed E-state index contributed by atoms with van der Waals surface area (Å²) in [5.41, 5.74) is 0. The van der Waals surface area contributed by atoms with E-state index in [1.807, 2.05) is 4.68 Å². The largest absolute Gasteiger partial charge is 0.481 e. The number of aryl methyl sites for hydroxylation is 1. The van der Waals surface area contributed by atoms with Crippen molar-refractivity contribution in [1.29, 1.82) is 0 Å². The van der Waals surface area contributed by atoms with E-state index >= 15 is 0 Å². The van der Waals surface area contributed by atoms with Gasteiger partial charge in [-0.05, 0) is 25.2 Å². The molecule has 2 atom stereocenters. The van der Waals surface area contributed by atoms with Crippen molar-refractivity contribution in [2.75, 3.05) is 0 Å². The molecule has 1 heterocycles. The zero-order chi connectivity index (χ0) is 11.5. The fraction of sp³-hybridized carbons (Fsp3) is 0.727. The Labute approximate surface area is 94.5 Å². The van der Waals surface area contributed by atoms with E-state index in [2.05, 4.69) is 17.0 Å². The van der Waals surface area contributed by atoms with Crippen LogP contribution in [0.1, 0.15) is 32.0 Å². The van der Waals surface area contributed by atoms with Crippen molar-refractivity contribution >= 4 is 5.97 Å². The Morgan fingerprint density at radius 1 is 1.62 bits per heavy atom. The number of carbonyl (C=O) groups is 1. The molecule has 2 unspecified atom stereocenters. The number of aromatic nitrogens is 3. The van der Waals surface area contributed by atoms with Crippen LogP contribution in [0, 0.1) is 11.8 Å². The van der Waals surface area contributed by atoms with Gasteiger partial charge in [0.05, 0.1) is 5.92 Å². The lowest BCUT2D eigenvalue weighted by Gasteiger charge is -2.32. The minimum Gasteiger partial charge on any atom is -0.481 e. The summed E-state index contributed by atoms with van der Waals surface area (Å²) in [4.78, 5) is 15.1. The summed E-state index contributed by atoms with van der Waals surface area (Å²) >= 11 is 0. The number of carboxylic acid groups (broad SMARTS) is 1. The molecule has 16 heavy (non-hydrogen) atoms. The third-order valence-corrected chi connectivity index (χ3v) is 3.31. The summed E-state index contributed by atoms with van der Waals surface area (Å²) in [6.45, 7) is 2.95. The van der Waals surface area contributed by atoms with Gasteiger partial charge in [-0.3, -0.25) is 9.48 Å². The summed E-state index contributed by atoms with van der Waals surface area (Å²) < 4.78 is 1.89. The van der Waals surface area contributed by atoms with Crippen LogP contribution >= 0.6 is 0 Å². The van der Waals surface area contributed by atoms with Crippen molar-refractivity contribution in [2.45, 2.75) is 39.2 Å². The molecular weight excluding hydrogens is 206 g/mol. The first-order chi connectivity index (χ1) is 7.72. The fourth-order valence-corrected chi connectivity index (χ4v) is 2.22. The SMILES string of the molecule is CCCn1ncnc1CC1CCC1C(=O)O. The van der Waals surface area contributed by atoms with E-state index < -0.39 is 5.97 Å². The molecule has 0 aromatic carbocycles. The van der Waals surface area contributed by atoms with Crippen molar-refractivity contribution in [1.82, 2.24) is 14.8 Å². The van der Waals surface area contributed by atoms with Gasteiger partial charge in [-0.25, -0.2) is 4.98 Å². The van der Waals surface area contributed by atoms with Gasteiger partial charge in [0.1, 0.15) is 12.2 Å². The van der Waals surface area contributed by atoms with Gasteiger partial charge < -0.3 is 5.11 Å². The Kier molecular flexibility index (Phi) is 3.22. The van der Waals surface area contributed by atoms with E-state index in [1.165, 1.54) is 0 Å². The first-order valence-corrected chi connectivity index (χ1v) is 5.81. The number of hydrogen-bond acceptors (Lipinski definition) is 3. The van der Waals surface area contributed by atoms with Gasteiger partial charge in [0.15, 0.2) is 0 Å². The van der Waals surface area contributed by atoms with Crippen LogP contribution in [0.5, 0.6) is 0 Å². The smallest absolute Gasteiger partial charge is 0.306 e. The van der Waals surface area contributed by atoms with E-state index in [-0.39, 0.29) is 11.8 Å². The molecule has 5 nitrogen and oxygen atoms in total. The molecule has 2 rings (SSSR count). The highest BCUT2D eigenvalue weighted by Gasteiger charge is 2.37. The Morgan fingerprint density at radius 2 is 2.44 bits per heavy atom. The minimum atomic E-state index is -0.669. The summed E-state index contributed by atoms with van der Waals surface area (Å²) in [6, 6.07) is 0. The Balaban J connectivity index is 1.98. The average Bonchev–Trinajstić information content (AvgIpc) is 2.60. The second-order valence-corrected chi connectivity index (χ2v) is 4.39. The van der Waals surface area contributed by atoms with Gasteiger partial charge in [0.25, 0.3) is 0 Å². The lowest BCUT2D eigenvalue weighted by molar-refractivity contribution is -0.147. The monoisotopic (exact) mass is 223 g/mol. The lowest BCUT2D eigenvalue weighted by Crippen LogP contribution is -2.34. The Bertz CT molecular complexity index is 375. The maximum absolute atomic E-state index is 10.9. The van der Waals surface area contributed by atoms with Crippen LogP contribution in [-0.4, -0.2) is 25.8 Å². The molecule has 1 N–H and O–H groups in total. The number of carboxylic acids is 1. The zero-order valence-corrected chi connectivity index (χ0v) is 9.46. The summed E-state index contributed by atoms with van der Waals surface area (Å²) in [6.07, 6.45) is 5.12. The molecule has 1 aliphatic carbocycles. The highest BCUT2D eigenvalue weighted by molar-refractivity contribution is 5.71. The first kappa shape index (κ1) is 11.1. The van der Waals surface area contributed by atoms with Crippen molar-refractivity contribution in [3.63, 3.8) is 0 Å². The minimum absolute atomic E-state index is 0.174. The first-order valence-electron chi connectivity index (χ1n) is 5.81. The van der Waals surface area contributed by atoms with Crippen LogP contribution < -0.4 is 0 Å². The summed E-state index contributed by atoms with van der Waals surface area (Å²) in [7, 11) is 0. The van der Waals surface area contributed by atoms with Crippen molar-refractivity contribution in [2.24, 2.45) is 11.8 Å². The maximum atomic E-state index is 10.9. The molecule has 88 valence electrons. The lowest BCUT2D eigenvalue weighted by atomic mass is 9.72. The Hall–Kier alpha value is -1.39.